The fourth-order valence-corrected chi connectivity index (χ4v) is 4.71. The van der Waals surface area contributed by atoms with Gasteiger partial charge in [0.25, 0.3) is 10.0 Å². The Hall–Kier alpha value is -4.38. The molecule has 0 radical (unpaired) electrons. The number of phenols is 1. The Bertz CT molecular complexity index is 1360. The van der Waals surface area contributed by atoms with Crippen LogP contribution in [0.5, 0.6) is 5.75 Å². The van der Waals surface area contributed by atoms with Gasteiger partial charge in [-0.25, -0.2) is 17.9 Å². The van der Waals surface area contributed by atoms with Crippen LogP contribution in [-0.4, -0.2) is 45.0 Å². The molecule has 4 amide bonds. The normalized spacial score (nSPS) is 11.7. The minimum absolute atomic E-state index is 0.0532. The number of aromatic hydroxyl groups is 1. The van der Waals surface area contributed by atoms with E-state index < -0.39 is 28.0 Å². The molecule has 3 aromatic carbocycles. The second kappa shape index (κ2) is 11.4. The van der Waals surface area contributed by atoms with Crippen LogP contribution in [-0.2, 0) is 26.0 Å². The van der Waals surface area contributed by atoms with Crippen molar-refractivity contribution in [1.29, 1.82) is 0 Å². The number of hydrogen-bond acceptors (Lipinski definition) is 6. The van der Waals surface area contributed by atoms with E-state index in [4.69, 9.17) is 0 Å². The maximum atomic E-state index is 13.4. The molecule has 0 fully saturated rings. The molecule has 10 nitrogen and oxygen atoms in total. The summed E-state index contributed by atoms with van der Waals surface area (Å²) in [5.41, 5.74) is 1.62. The molecule has 0 spiro atoms. The van der Waals surface area contributed by atoms with E-state index in [1.165, 1.54) is 36.2 Å². The smallest absolute Gasteiger partial charge is 0.329 e. The minimum atomic E-state index is -4.18. The van der Waals surface area contributed by atoms with E-state index in [9.17, 15) is 27.9 Å². The summed E-state index contributed by atoms with van der Waals surface area (Å²) in [6.45, 7) is 1.61. The van der Waals surface area contributed by atoms with E-state index in [2.05, 4.69) is 10.6 Å². The van der Waals surface area contributed by atoms with E-state index in [0.29, 0.717) is 17.7 Å². The van der Waals surface area contributed by atoms with Gasteiger partial charge in [-0.3, -0.25) is 9.59 Å². The Kier molecular flexibility index (Phi) is 8.28. The monoisotopic (exact) mass is 510 g/mol. The number of likely N-dealkylation sites (N-methyl/N-ethyl adjacent to an activating group) is 1. The highest BCUT2D eigenvalue weighted by atomic mass is 32.2. The van der Waals surface area contributed by atoms with Crippen LogP contribution in [0.25, 0.3) is 0 Å². The molecule has 0 bridgehead atoms. The van der Waals surface area contributed by atoms with Crippen molar-refractivity contribution in [2.45, 2.75) is 24.3 Å². The lowest BCUT2D eigenvalue weighted by atomic mass is 10.0. The van der Waals surface area contributed by atoms with Crippen molar-refractivity contribution in [3.05, 3.63) is 83.9 Å². The fraction of sp³-hybridized carbons (Fsp3) is 0.160. The van der Waals surface area contributed by atoms with Crippen LogP contribution in [0, 0.1) is 6.92 Å². The molecular formula is C25H26N4O6S. The lowest BCUT2D eigenvalue weighted by Gasteiger charge is -2.25. The average molecular weight is 511 g/mol. The number of nitrogens with one attached hydrogen (secondary N) is 3. The number of amides is 4. The third-order valence-corrected chi connectivity index (χ3v) is 6.90. The quantitative estimate of drug-likeness (QED) is 0.257. The number of urea groups is 1. The zero-order chi connectivity index (χ0) is 26.3. The van der Waals surface area contributed by atoms with Crippen molar-refractivity contribution >= 4 is 39.7 Å². The highest BCUT2D eigenvalue weighted by Gasteiger charge is 2.28. The Morgan fingerprint density at radius 3 is 2.36 bits per heavy atom. The SMILES string of the molecule is Cc1ccccc1S(=O)(=O)NC(=O)NC(Cc1ccccc1)C(=O)N(C)c1ccc(O)c(NC=O)c1. The van der Waals surface area contributed by atoms with Gasteiger partial charge in [0, 0.05) is 19.2 Å². The number of nitrogens with zero attached hydrogens (tertiary/aromatic N) is 1. The summed E-state index contributed by atoms with van der Waals surface area (Å²) in [6.07, 6.45) is 0.471. The van der Waals surface area contributed by atoms with E-state index in [1.54, 1.807) is 55.5 Å². The van der Waals surface area contributed by atoms with Gasteiger partial charge in [0.2, 0.25) is 12.3 Å². The van der Waals surface area contributed by atoms with E-state index in [1.807, 2.05) is 4.72 Å². The van der Waals surface area contributed by atoms with Crippen LogP contribution in [0.15, 0.2) is 77.7 Å². The lowest BCUT2D eigenvalue weighted by Crippen LogP contribution is -2.52. The number of carbonyl (C=O) groups is 3. The molecule has 0 saturated heterocycles. The molecule has 4 N–H and O–H groups in total. The molecule has 3 aromatic rings. The number of benzene rings is 3. The van der Waals surface area contributed by atoms with Crippen molar-refractivity contribution in [2.24, 2.45) is 0 Å². The number of anilines is 2. The standard InChI is InChI=1S/C25H26N4O6S/c1-17-8-6-7-11-23(17)36(34,35)28-25(33)27-21(14-18-9-4-3-5-10-18)24(32)29(2)19-12-13-22(31)20(15-19)26-16-30/h3-13,15-16,21,31H,14H2,1-2H3,(H,26,30)(H2,27,28,33). The molecule has 1 atom stereocenters. The number of carbonyl (C=O) groups excluding carboxylic acids is 3. The number of sulfonamides is 1. The molecule has 36 heavy (non-hydrogen) atoms. The van der Waals surface area contributed by atoms with Gasteiger partial charge in [0.15, 0.2) is 0 Å². The summed E-state index contributed by atoms with van der Waals surface area (Å²) in [5, 5.41) is 14.7. The highest BCUT2D eigenvalue weighted by Crippen LogP contribution is 2.28. The molecule has 0 aromatic heterocycles. The minimum Gasteiger partial charge on any atom is -0.506 e. The van der Waals surface area contributed by atoms with Gasteiger partial charge in [-0.15, -0.1) is 0 Å². The largest absolute Gasteiger partial charge is 0.506 e. The third-order valence-electron chi connectivity index (χ3n) is 5.41. The van der Waals surface area contributed by atoms with Gasteiger partial charge in [0.05, 0.1) is 10.6 Å². The Labute approximate surface area is 209 Å². The van der Waals surface area contributed by atoms with Gasteiger partial charge in [-0.2, -0.15) is 0 Å². The van der Waals surface area contributed by atoms with Crippen molar-refractivity contribution < 1.29 is 27.9 Å². The second-order valence-corrected chi connectivity index (χ2v) is 9.60. The molecule has 1 unspecified atom stereocenters. The van der Waals surface area contributed by atoms with Crippen LogP contribution in [0.1, 0.15) is 11.1 Å². The Morgan fingerprint density at radius 1 is 1.03 bits per heavy atom. The molecule has 0 aliphatic heterocycles. The van der Waals surface area contributed by atoms with Crippen LogP contribution >= 0.6 is 0 Å². The van der Waals surface area contributed by atoms with Crippen molar-refractivity contribution in [2.75, 3.05) is 17.3 Å². The molecule has 0 saturated carbocycles. The summed E-state index contributed by atoms with van der Waals surface area (Å²) < 4.78 is 27.4. The maximum Gasteiger partial charge on any atom is 0.329 e. The summed E-state index contributed by atoms with van der Waals surface area (Å²) >= 11 is 0. The first kappa shape index (κ1) is 26.2. The first-order valence-corrected chi connectivity index (χ1v) is 12.3. The molecule has 188 valence electrons. The van der Waals surface area contributed by atoms with Crippen LogP contribution in [0.2, 0.25) is 0 Å². The van der Waals surface area contributed by atoms with Gasteiger partial charge in [0.1, 0.15) is 11.8 Å². The molecule has 3 rings (SSSR count). The molecule has 0 heterocycles. The zero-order valence-electron chi connectivity index (χ0n) is 19.6. The number of aryl methyl sites for hydroxylation is 1. The highest BCUT2D eigenvalue weighted by molar-refractivity contribution is 7.90. The van der Waals surface area contributed by atoms with Crippen molar-refractivity contribution in [3.8, 4) is 5.75 Å². The number of phenolic OH excluding ortho intramolecular Hbond substituents is 1. The zero-order valence-corrected chi connectivity index (χ0v) is 20.5. The Morgan fingerprint density at radius 2 is 1.69 bits per heavy atom. The first-order chi connectivity index (χ1) is 17.1. The Balaban J connectivity index is 1.85. The molecular weight excluding hydrogens is 484 g/mol. The summed E-state index contributed by atoms with van der Waals surface area (Å²) in [7, 11) is -2.72. The number of rotatable bonds is 9. The summed E-state index contributed by atoms with van der Waals surface area (Å²) in [4.78, 5) is 38.1. The van der Waals surface area contributed by atoms with Crippen LogP contribution in [0.4, 0.5) is 16.2 Å². The second-order valence-electron chi connectivity index (χ2n) is 7.95. The van der Waals surface area contributed by atoms with E-state index >= 15 is 0 Å². The van der Waals surface area contributed by atoms with Crippen LogP contribution in [0.3, 0.4) is 0 Å². The predicted molar refractivity (Wildman–Crippen MR) is 135 cm³/mol. The van der Waals surface area contributed by atoms with Crippen molar-refractivity contribution in [1.82, 2.24) is 10.0 Å². The summed E-state index contributed by atoms with van der Waals surface area (Å²) in [6, 6.07) is 17.1. The molecule has 0 aliphatic rings. The summed E-state index contributed by atoms with van der Waals surface area (Å²) in [5.74, 6) is -0.739. The fourth-order valence-electron chi connectivity index (χ4n) is 3.55. The van der Waals surface area contributed by atoms with Gasteiger partial charge in [-0.05, 0) is 42.3 Å². The number of hydrogen-bond donors (Lipinski definition) is 4. The van der Waals surface area contributed by atoms with E-state index in [-0.39, 0.29) is 22.8 Å². The van der Waals surface area contributed by atoms with Gasteiger partial charge in [-0.1, -0.05) is 48.5 Å². The topological polar surface area (TPSA) is 145 Å². The van der Waals surface area contributed by atoms with Crippen LogP contribution < -0.4 is 20.3 Å². The first-order valence-electron chi connectivity index (χ1n) is 10.9. The molecule has 11 heteroatoms. The molecule has 0 aliphatic carbocycles. The average Bonchev–Trinajstić information content (AvgIpc) is 2.84. The van der Waals surface area contributed by atoms with E-state index in [0.717, 1.165) is 5.56 Å². The van der Waals surface area contributed by atoms with Crippen molar-refractivity contribution in [3.63, 3.8) is 0 Å². The predicted octanol–water partition coefficient (Wildman–Crippen LogP) is 2.53. The third kappa shape index (κ3) is 6.39. The lowest BCUT2D eigenvalue weighted by molar-refractivity contribution is -0.120. The van der Waals surface area contributed by atoms with Gasteiger partial charge >= 0.3 is 6.03 Å². The van der Waals surface area contributed by atoms with Gasteiger partial charge < -0.3 is 20.6 Å². The maximum absolute atomic E-state index is 13.4.